The SMILES string of the molecule is CNC(=S)N1CCC(C(C)C)C1. The summed E-state index contributed by atoms with van der Waals surface area (Å²) in [6.45, 7) is 6.84. The lowest BCUT2D eigenvalue weighted by atomic mass is 9.95. The summed E-state index contributed by atoms with van der Waals surface area (Å²) in [5.41, 5.74) is 0. The van der Waals surface area contributed by atoms with Gasteiger partial charge in [-0.2, -0.15) is 0 Å². The fourth-order valence-electron chi connectivity index (χ4n) is 1.67. The van der Waals surface area contributed by atoms with Crippen molar-refractivity contribution in [2.75, 3.05) is 20.1 Å². The van der Waals surface area contributed by atoms with Crippen molar-refractivity contribution in [1.29, 1.82) is 0 Å². The maximum atomic E-state index is 5.17. The summed E-state index contributed by atoms with van der Waals surface area (Å²) in [7, 11) is 1.89. The second-order valence-corrected chi connectivity index (χ2v) is 4.18. The predicted molar refractivity (Wildman–Crippen MR) is 56.2 cm³/mol. The highest BCUT2D eigenvalue weighted by Gasteiger charge is 2.25. The maximum Gasteiger partial charge on any atom is 0.168 e. The molecular weight excluding hydrogens is 168 g/mol. The van der Waals surface area contributed by atoms with Crippen molar-refractivity contribution in [2.45, 2.75) is 20.3 Å². The van der Waals surface area contributed by atoms with Gasteiger partial charge in [0.2, 0.25) is 0 Å². The minimum Gasteiger partial charge on any atom is -0.366 e. The van der Waals surface area contributed by atoms with Gasteiger partial charge >= 0.3 is 0 Å². The topological polar surface area (TPSA) is 15.3 Å². The molecular formula is C9H18N2S. The lowest BCUT2D eigenvalue weighted by Gasteiger charge is -2.19. The van der Waals surface area contributed by atoms with Crippen molar-refractivity contribution in [1.82, 2.24) is 10.2 Å². The average Bonchev–Trinajstić information content (AvgIpc) is 2.51. The molecule has 1 fully saturated rings. The van der Waals surface area contributed by atoms with E-state index in [2.05, 4.69) is 24.1 Å². The van der Waals surface area contributed by atoms with E-state index in [0.29, 0.717) is 0 Å². The first-order valence-electron chi connectivity index (χ1n) is 4.61. The third-order valence-corrected chi connectivity index (χ3v) is 3.13. The van der Waals surface area contributed by atoms with Gasteiger partial charge in [0.15, 0.2) is 5.11 Å². The summed E-state index contributed by atoms with van der Waals surface area (Å²) in [5.74, 6) is 1.62. The lowest BCUT2D eigenvalue weighted by molar-refractivity contribution is 0.388. The van der Waals surface area contributed by atoms with Crippen molar-refractivity contribution in [2.24, 2.45) is 11.8 Å². The van der Waals surface area contributed by atoms with Crippen molar-refractivity contribution in [3.63, 3.8) is 0 Å². The number of thiocarbonyl (C=S) groups is 1. The highest BCUT2D eigenvalue weighted by molar-refractivity contribution is 7.80. The minimum atomic E-state index is 0.787. The van der Waals surface area contributed by atoms with Crippen LogP contribution < -0.4 is 5.32 Å². The fraction of sp³-hybridized carbons (Fsp3) is 0.889. The van der Waals surface area contributed by atoms with Gasteiger partial charge in [0.1, 0.15) is 0 Å². The number of nitrogens with one attached hydrogen (secondary N) is 1. The molecule has 1 heterocycles. The highest BCUT2D eigenvalue weighted by Crippen LogP contribution is 2.23. The van der Waals surface area contributed by atoms with Crippen LogP contribution in [0.5, 0.6) is 0 Å². The summed E-state index contributed by atoms with van der Waals surface area (Å²) in [4.78, 5) is 2.26. The molecule has 12 heavy (non-hydrogen) atoms. The summed E-state index contributed by atoms with van der Waals surface area (Å²) >= 11 is 5.17. The first kappa shape index (κ1) is 9.78. The first-order valence-corrected chi connectivity index (χ1v) is 5.02. The molecule has 0 aromatic carbocycles. The van der Waals surface area contributed by atoms with E-state index in [-0.39, 0.29) is 0 Å². The van der Waals surface area contributed by atoms with Crippen molar-refractivity contribution in [3.05, 3.63) is 0 Å². The Hall–Kier alpha value is -0.310. The Kier molecular flexibility index (Phi) is 3.32. The number of hydrogen-bond acceptors (Lipinski definition) is 1. The van der Waals surface area contributed by atoms with Crippen LogP contribution in [0.15, 0.2) is 0 Å². The molecule has 2 nitrogen and oxygen atoms in total. The molecule has 0 amide bonds. The van der Waals surface area contributed by atoms with Crippen LogP contribution in [-0.2, 0) is 0 Å². The molecule has 0 aromatic heterocycles. The van der Waals surface area contributed by atoms with Crippen LogP contribution in [0.25, 0.3) is 0 Å². The average molecular weight is 186 g/mol. The third-order valence-electron chi connectivity index (χ3n) is 2.67. The maximum absolute atomic E-state index is 5.17. The molecule has 0 aromatic rings. The molecule has 70 valence electrons. The third kappa shape index (κ3) is 2.09. The summed E-state index contributed by atoms with van der Waals surface area (Å²) in [6, 6.07) is 0. The predicted octanol–water partition coefficient (Wildman–Crippen LogP) is 1.47. The van der Waals surface area contributed by atoms with Crippen LogP contribution in [0.2, 0.25) is 0 Å². The van der Waals surface area contributed by atoms with Crippen molar-refractivity contribution >= 4 is 17.3 Å². The Bertz CT molecular complexity index is 168. The Labute approximate surface area is 80.3 Å². The van der Waals surface area contributed by atoms with Crippen LogP contribution in [-0.4, -0.2) is 30.1 Å². The molecule has 1 saturated heterocycles. The molecule has 0 spiro atoms. The number of nitrogens with zero attached hydrogens (tertiary/aromatic N) is 1. The van der Waals surface area contributed by atoms with Gasteiger partial charge in [-0.05, 0) is 30.5 Å². The normalized spacial score (nSPS) is 23.3. The minimum absolute atomic E-state index is 0.787. The zero-order valence-electron chi connectivity index (χ0n) is 8.13. The Morgan fingerprint density at radius 2 is 2.25 bits per heavy atom. The van der Waals surface area contributed by atoms with Gasteiger partial charge in [-0.25, -0.2) is 0 Å². The van der Waals surface area contributed by atoms with E-state index in [1.807, 2.05) is 7.05 Å². The Morgan fingerprint density at radius 1 is 1.58 bits per heavy atom. The molecule has 1 unspecified atom stereocenters. The number of hydrogen-bond donors (Lipinski definition) is 1. The van der Waals surface area contributed by atoms with Crippen LogP contribution >= 0.6 is 12.2 Å². The van der Waals surface area contributed by atoms with E-state index in [1.165, 1.54) is 6.42 Å². The van der Waals surface area contributed by atoms with E-state index in [1.54, 1.807) is 0 Å². The standard InChI is InChI=1S/C9H18N2S/c1-7(2)8-4-5-11(6-8)9(12)10-3/h7-8H,4-6H2,1-3H3,(H,10,12). The van der Waals surface area contributed by atoms with E-state index >= 15 is 0 Å². The second-order valence-electron chi connectivity index (χ2n) is 3.79. The van der Waals surface area contributed by atoms with Gasteiger partial charge < -0.3 is 10.2 Å². The van der Waals surface area contributed by atoms with Crippen LogP contribution in [0.4, 0.5) is 0 Å². The monoisotopic (exact) mass is 186 g/mol. The molecule has 0 radical (unpaired) electrons. The Balaban J connectivity index is 2.40. The van der Waals surface area contributed by atoms with Crippen LogP contribution in [0.3, 0.4) is 0 Å². The molecule has 0 aliphatic carbocycles. The Morgan fingerprint density at radius 3 is 2.67 bits per heavy atom. The van der Waals surface area contributed by atoms with Crippen LogP contribution in [0.1, 0.15) is 20.3 Å². The van der Waals surface area contributed by atoms with Crippen molar-refractivity contribution in [3.8, 4) is 0 Å². The zero-order valence-corrected chi connectivity index (χ0v) is 8.95. The molecule has 1 N–H and O–H groups in total. The van der Waals surface area contributed by atoms with E-state index in [0.717, 1.165) is 30.0 Å². The zero-order chi connectivity index (χ0) is 9.14. The molecule has 3 heteroatoms. The molecule has 1 atom stereocenters. The lowest BCUT2D eigenvalue weighted by Crippen LogP contribution is -2.36. The number of rotatable bonds is 1. The quantitative estimate of drug-likeness (QED) is 0.624. The molecule has 1 aliphatic heterocycles. The van der Waals surface area contributed by atoms with Gasteiger partial charge in [-0.15, -0.1) is 0 Å². The van der Waals surface area contributed by atoms with E-state index in [9.17, 15) is 0 Å². The summed E-state index contributed by atoms with van der Waals surface area (Å²) < 4.78 is 0. The van der Waals surface area contributed by atoms with Gasteiger partial charge in [0, 0.05) is 20.1 Å². The largest absolute Gasteiger partial charge is 0.366 e. The van der Waals surface area contributed by atoms with Gasteiger partial charge in [-0.3, -0.25) is 0 Å². The molecule has 0 bridgehead atoms. The number of likely N-dealkylation sites (tertiary alicyclic amines) is 1. The highest BCUT2D eigenvalue weighted by atomic mass is 32.1. The van der Waals surface area contributed by atoms with E-state index < -0.39 is 0 Å². The van der Waals surface area contributed by atoms with Gasteiger partial charge in [0.05, 0.1) is 0 Å². The second kappa shape index (κ2) is 4.08. The summed E-state index contributed by atoms with van der Waals surface area (Å²) in [5, 5.41) is 3.92. The van der Waals surface area contributed by atoms with Crippen molar-refractivity contribution < 1.29 is 0 Å². The summed E-state index contributed by atoms with van der Waals surface area (Å²) in [6.07, 6.45) is 1.29. The fourth-order valence-corrected chi connectivity index (χ4v) is 1.84. The smallest absolute Gasteiger partial charge is 0.168 e. The van der Waals surface area contributed by atoms with Crippen LogP contribution in [0, 0.1) is 11.8 Å². The van der Waals surface area contributed by atoms with E-state index in [4.69, 9.17) is 12.2 Å². The first-order chi connectivity index (χ1) is 5.65. The van der Waals surface area contributed by atoms with Gasteiger partial charge in [-0.1, -0.05) is 13.8 Å². The molecule has 0 saturated carbocycles. The molecule has 1 aliphatic rings. The molecule has 1 rings (SSSR count). The van der Waals surface area contributed by atoms with Gasteiger partial charge in [0.25, 0.3) is 0 Å².